The molecule has 0 radical (unpaired) electrons. The molecule has 1 fully saturated rings. The van der Waals surface area contributed by atoms with E-state index in [1.165, 1.54) is 48.5 Å². The number of amides is 2. The first-order chi connectivity index (χ1) is 12.4. The highest BCUT2D eigenvalue weighted by Gasteiger charge is 2.29. The minimum atomic E-state index is -3.87. The minimum absolute atomic E-state index is 0.0504. The number of phenols is 1. The van der Waals surface area contributed by atoms with Gasteiger partial charge >= 0.3 is 0 Å². The Hall–Kier alpha value is -2.91. The van der Waals surface area contributed by atoms with Crippen molar-refractivity contribution < 1.29 is 23.1 Å². The number of rotatable bonds is 4. The highest BCUT2D eigenvalue weighted by molar-refractivity contribution is 7.89. The number of piperazine rings is 1. The summed E-state index contributed by atoms with van der Waals surface area (Å²) in [6.07, 6.45) is 0. The van der Waals surface area contributed by atoms with Crippen LogP contribution >= 0.6 is 0 Å². The van der Waals surface area contributed by atoms with Crippen LogP contribution in [0, 0.1) is 0 Å². The number of anilines is 1. The normalized spacial score (nSPS) is 15.3. The number of benzene rings is 2. The van der Waals surface area contributed by atoms with Crippen molar-refractivity contribution in [3.63, 3.8) is 0 Å². The predicted octanol–water partition coefficient (Wildman–Crippen LogP) is 0.765. The van der Waals surface area contributed by atoms with E-state index in [2.05, 4.69) is 10.6 Å². The Balaban J connectivity index is 1.82. The molecule has 0 saturated carbocycles. The number of aromatic hydroxyl groups is 1. The van der Waals surface area contributed by atoms with E-state index in [0.717, 1.165) is 4.31 Å². The number of nitrogens with zero attached hydrogens (tertiary/aromatic N) is 1. The van der Waals surface area contributed by atoms with Gasteiger partial charge in [-0.15, -0.1) is 0 Å². The molecular formula is C17H17N3O5S. The third-order valence-corrected chi connectivity index (χ3v) is 5.70. The van der Waals surface area contributed by atoms with Crippen LogP contribution in [0.4, 0.5) is 5.69 Å². The zero-order valence-corrected chi connectivity index (χ0v) is 14.5. The topological polar surface area (TPSA) is 116 Å². The number of nitrogens with one attached hydrogen (secondary N) is 2. The molecule has 136 valence electrons. The average molecular weight is 375 g/mol. The van der Waals surface area contributed by atoms with E-state index in [9.17, 15) is 23.1 Å². The molecule has 0 aromatic heterocycles. The summed E-state index contributed by atoms with van der Waals surface area (Å²) in [5.41, 5.74) is 0.634. The van der Waals surface area contributed by atoms with Crippen molar-refractivity contribution in [1.29, 1.82) is 0 Å². The summed E-state index contributed by atoms with van der Waals surface area (Å²) in [7, 11) is -3.87. The molecule has 1 aliphatic rings. The van der Waals surface area contributed by atoms with Gasteiger partial charge in [-0.1, -0.05) is 6.07 Å². The largest absolute Gasteiger partial charge is 0.508 e. The molecule has 0 unspecified atom stereocenters. The van der Waals surface area contributed by atoms with Crippen molar-refractivity contribution in [1.82, 2.24) is 9.62 Å². The van der Waals surface area contributed by atoms with Crippen LogP contribution in [0.15, 0.2) is 53.4 Å². The SMILES string of the molecule is O=C1CN(S(=O)(=O)c2cccc(C(=O)Nc3ccc(O)cc3)c2)CCN1. The van der Waals surface area contributed by atoms with Crippen molar-refractivity contribution >= 4 is 27.5 Å². The molecule has 2 amide bonds. The fourth-order valence-corrected chi connectivity index (χ4v) is 3.96. The van der Waals surface area contributed by atoms with Crippen LogP contribution < -0.4 is 10.6 Å². The lowest BCUT2D eigenvalue weighted by Crippen LogP contribution is -2.49. The van der Waals surface area contributed by atoms with E-state index < -0.39 is 15.9 Å². The Labute approximate surface area is 150 Å². The molecule has 1 heterocycles. The second kappa shape index (κ2) is 7.14. The quantitative estimate of drug-likeness (QED) is 0.683. The van der Waals surface area contributed by atoms with Crippen LogP contribution in [0.2, 0.25) is 0 Å². The maximum absolute atomic E-state index is 12.7. The number of carbonyl (C=O) groups excluding carboxylic acids is 2. The smallest absolute Gasteiger partial charge is 0.255 e. The van der Waals surface area contributed by atoms with Crippen molar-refractivity contribution in [2.45, 2.75) is 4.90 Å². The second-order valence-corrected chi connectivity index (χ2v) is 7.66. The Morgan fingerprint density at radius 3 is 2.58 bits per heavy atom. The lowest BCUT2D eigenvalue weighted by Gasteiger charge is -2.26. The second-order valence-electron chi connectivity index (χ2n) is 5.72. The predicted molar refractivity (Wildman–Crippen MR) is 94.3 cm³/mol. The summed E-state index contributed by atoms with van der Waals surface area (Å²) in [6.45, 7) is 0.184. The van der Waals surface area contributed by atoms with E-state index in [1.807, 2.05) is 0 Å². The van der Waals surface area contributed by atoms with Crippen LogP contribution in [-0.2, 0) is 14.8 Å². The van der Waals surface area contributed by atoms with Crippen molar-refractivity contribution in [2.75, 3.05) is 25.0 Å². The molecule has 3 rings (SSSR count). The molecule has 2 aromatic carbocycles. The first-order valence-electron chi connectivity index (χ1n) is 7.83. The van der Waals surface area contributed by atoms with Gasteiger partial charge in [-0.3, -0.25) is 9.59 Å². The number of hydrogen-bond acceptors (Lipinski definition) is 5. The molecule has 0 aliphatic carbocycles. The molecule has 1 aliphatic heterocycles. The molecule has 0 atom stereocenters. The third kappa shape index (κ3) is 3.84. The standard InChI is InChI=1S/C17H17N3O5S/c21-14-6-4-13(5-7-14)19-17(23)12-2-1-3-15(10-12)26(24,25)20-9-8-18-16(22)11-20/h1-7,10,21H,8-9,11H2,(H,18,22)(H,19,23). The number of hydrogen-bond donors (Lipinski definition) is 3. The van der Waals surface area contributed by atoms with Crippen molar-refractivity contribution in [3.05, 3.63) is 54.1 Å². The Morgan fingerprint density at radius 2 is 1.88 bits per heavy atom. The van der Waals surface area contributed by atoms with Gasteiger partial charge in [0.05, 0.1) is 11.4 Å². The third-order valence-electron chi connectivity index (χ3n) is 3.86. The van der Waals surface area contributed by atoms with E-state index >= 15 is 0 Å². The summed E-state index contributed by atoms with van der Waals surface area (Å²) in [6, 6.07) is 11.5. The van der Waals surface area contributed by atoms with Gasteiger partial charge in [0.25, 0.3) is 5.91 Å². The van der Waals surface area contributed by atoms with Crippen LogP contribution in [0.3, 0.4) is 0 Å². The zero-order chi connectivity index (χ0) is 18.7. The van der Waals surface area contributed by atoms with Gasteiger partial charge in [-0.05, 0) is 42.5 Å². The number of sulfonamides is 1. The summed E-state index contributed by atoms with van der Waals surface area (Å²) < 4.78 is 26.5. The van der Waals surface area contributed by atoms with Gasteiger partial charge in [0.15, 0.2) is 0 Å². The molecular weight excluding hydrogens is 358 g/mol. The van der Waals surface area contributed by atoms with Gasteiger partial charge in [0.1, 0.15) is 5.75 Å². The molecule has 2 aromatic rings. The van der Waals surface area contributed by atoms with Gasteiger partial charge < -0.3 is 15.7 Å². The van der Waals surface area contributed by atoms with Crippen LogP contribution in [0.1, 0.15) is 10.4 Å². The molecule has 26 heavy (non-hydrogen) atoms. The first kappa shape index (κ1) is 17.9. The van der Waals surface area contributed by atoms with E-state index in [4.69, 9.17) is 0 Å². The summed E-state index contributed by atoms with van der Waals surface area (Å²) >= 11 is 0. The van der Waals surface area contributed by atoms with Crippen molar-refractivity contribution in [2.24, 2.45) is 0 Å². The summed E-state index contributed by atoms with van der Waals surface area (Å²) in [5.74, 6) is -0.771. The number of carbonyl (C=O) groups is 2. The van der Waals surface area contributed by atoms with Gasteiger partial charge in [-0.2, -0.15) is 4.31 Å². The van der Waals surface area contributed by atoms with E-state index in [0.29, 0.717) is 5.69 Å². The Morgan fingerprint density at radius 1 is 1.15 bits per heavy atom. The average Bonchev–Trinajstić information content (AvgIpc) is 2.63. The summed E-state index contributed by atoms with van der Waals surface area (Å²) in [5, 5.41) is 14.5. The Bertz CT molecular complexity index is 941. The van der Waals surface area contributed by atoms with Crippen LogP contribution in [-0.4, -0.2) is 49.3 Å². The summed E-state index contributed by atoms with van der Waals surface area (Å²) in [4.78, 5) is 23.8. The van der Waals surface area contributed by atoms with Gasteiger partial charge in [0, 0.05) is 24.3 Å². The molecule has 0 bridgehead atoms. The van der Waals surface area contributed by atoms with Crippen LogP contribution in [0.25, 0.3) is 0 Å². The fourth-order valence-electron chi connectivity index (χ4n) is 2.52. The monoisotopic (exact) mass is 375 g/mol. The highest BCUT2D eigenvalue weighted by Crippen LogP contribution is 2.19. The van der Waals surface area contributed by atoms with E-state index in [1.54, 1.807) is 0 Å². The molecule has 8 nitrogen and oxygen atoms in total. The maximum atomic E-state index is 12.7. The lowest BCUT2D eigenvalue weighted by atomic mass is 10.2. The van der Waals surface area contributed by atoms with Gasteiger partial charge in [0.2, 0.25) is 15.9 Å². The molecule has 3 N–H and O–H groups in total. The minimum Gasteiger partial charge on any atom is -0.508 e. The zero-order valence-electron chi connectivity index (χ0n) is 13.7. The molecule has 1 saturated heterocycles. The Kier molecular flexibility index (Phi) is 4.92. The molecule has 0 spiro atoms. The van der Waals surface area contributed by atoms with E-state index in [-0.39, 0.29) is 41.7 Å². The number of phenolic OH excluding ortho intramolecular Hbond substituents is 1. The molecule has 9 heteroatoms. The van der Waals surface area contributed by atoms with Gasteiger partial charge in [-0.25, -0.2) is 8.42 Å². The van der Waals surface area contributed by atoms with Crippen molar-refractivity contribution in [3.8, 4) is 5.75 Å². The fraction of sp³-hybridized carbons (Fsp3) is 0.176. The lowest BCUT2D eigenvalue weighted by molar-refractivity contribution is -0.122. The first-order valence-corrected chi connectivity index (χ1v) is 9.27. The van der Waals surface area contributed by atoms with Crippen LogP contribution in [0.5, 0.6) is 5.75 Å². The highest BCUT2D eigenvalue weighted by atomic mass is 32.2. The maximum Gasteiger partial charge on any atom is 0.255 e.